The number of guanidine groups is 1. The lowest BCUT2D eigenvalue weighted by Crippen LogP contribution is -2.37. The summed E-state index contributed by atoms with van der Waals surface area (Å²) in [5.41, 5.74) is 1.48. The first-order chi connectivity index (χ1) is 13.8. The molecule has 6 nitrogen and oxygen atoms in total. The van der Waals surface area contributed by atoms with Crippen LogP contribution in [0.1, 0.15) is 17.5 Å². The van der Waals surface area contributed by atoms with Crippen LogP contribution in [-0.4, -0.2) is 40.3 Å². The van der Waals surface area contributed by atoms with Gasteiger partial charge in [-0.3, -0.25) is 4.99 Å². The number of ether oxygens (including phenoxy) is 1. The molecular formula is C20H26F2IN3O3S. The molecule has 0 amide bonds. The van der Waals surface area contributed by atoms with Crippen LogP contribution >= 0.6 is 24.0 Å². The molecule has 0 atom stereocenters. The van der Waals surface area contributed by atoms with Crippen LogP contribution in [0.15, 0.2) is 58.4 Å². The van der Waals surface area contributed by atoms with Gasteiger partial charge >= 0.3 is 6.61 Å². The summed E-state index contributed by atoms with van der Waals surface area (Å²) in [7, 11) is -1.76. The minimum Gasteiger partial charge on any atom is -0.434 e. The van der Waals surface area contributed by atoms with Gasteiger partial charge in [-0.2, -0.15) is 8.78 Å². The molecule has 0 radical (unpaired) electrons. The van der Waals surface area contributed by atoms with Crippen molar-refractivity contribution in [2.45, 2.75) is 31.4 Å². The average molecular weight is 553 g/mol. The van der Waals surface area contributed by atoms with Crippen molar-refractivity contribution in [2.75, 3.05) is 19.3 Å². The fourth-order valence-corrected chi connectivity index (χ4v) is 4.00. The van der Waals surface area contributed by atoms with E-state index in [1.54, 1.807) is 49.5 Å². The van der Waals surface area contributed by atoms with E-state index in [2.05, 4.69) is 20.4 Å². The van der Waals surface area contributed by atoms with Crippen molar-refractivity contribution in [1.29, 1.82) is 0 Å². The molecule has 0 unspecified atom stereocenters. The summed E-state index contributed by atoms with van der Waals surface area (Å²) in [4.78, 5) is 4.36. The molecule has 0 aliphatic heterocycles. The summed E-state index contributed by atoms with van der Waals surface area (Å²) in [6, 6.07) is 13.2. The van der Waals surface area contributed by atoms with Gasteiger partial charge in [-0.15, -0.1) is 24.0 Å². The van der Waals surface area contributed by atoms with Crippen molar-refractivity contribution >= 4 is 39.8 Å². The summed E-state index contributed by atoms with van der Waals surface area (Å²) < 4.78 is 54.2. The fraction of sp³-hybridized carbons (Fsp3) is 0.350. The Morgan fingerprint density at radius 2 is 1.83 bits per heavy atom. The monoisotopic (exact) mass is 553 g/mol. The molecule has 0 heterocycles. The maximum Gasteiger partial charge on any atom is 0.387 e. The maximum atomic E-state index is 12.6. The molecule has 0 aromatic heterocycles. The summed E-state index contributed by atoms with van der Waals surface area (Å²) >= 11 is 0. The normalized spacial score (nSPS) is 11.7. The second-order valence-electron chi connectivity index (χ2n) is 6.33. The van der Waals surface area contributed by atoms with Gasteiger partial charge in [0.05, 0.1) is 10.6 Å². The highest BCUT2D eigenvalue weighted by Crippen LogP contribution is 2.22. The Bertz CT molecular complexity index is 926. The minimum absolute atomic E-state index is 0. The average Bonchev–Trinajstić information content (AvgIpc) is 2.69. The van der Waals surface area contributed by atoms with Crippen LogP contribution in [-0.2, 0) is 16.4 Å². The zero-order chi connectivity index (χ0) is 21.3. The number of rotatable bonds is 9. The van der Waals surface area contributed by atoms with Crippen molar-refractivity contribution in [2.24, 2.45) is 4.99 Å². The number of hydrogen-bond acceptors (Lipinski definition) is 4. The van der Waals surface area contributed by atoms with Gasteiger partial charge in [-0.1, -0.05) is 35.9 Å². The highest BCUT2D eigenvalue weighted by molar-refractivity contribution is 14.0. The number of aliphatic imine (C=N–C) groups is 1. The number of aryl methyl sites for hydroxylation is 1. The lowest BCUT2D eigenvalue weighted by atomic mass is 10.1. The Kier molecular flexibility index (Phi) is 11.0. The van der Waals surface area contributed by atoms with Crippen LogP contribution in [0, 0.1) is 6.92 Å². The number of halogens is 3. The van der Waals surface area contributed by atoms with Gasteiger partial charge in [0.2, 0.25) is 0 Å². The quantitative estimate of drug-likeness (QED) is 0.214. The Balaban J connectivity index is 0.00000450. The predicted molar refractivity (Wildman–Crippen MR) is 125 cm³/mol. The van der Waals surface area contributed by atoms with Crippen LogP contribution in [0.5, 0.6) is 5.75 Å². The van der Waals surface area contributed by atoms with Gasteiger partial charge in [0.1, 0.15) is 5.75 Å². The number of sulfone groups is 1. The molecule has 2 N–H and O–H groups in total. The number of nitrogens with zero attached hydrogens (tertiary/aromatic N) is 1. The van der Waals surface area contributed by atoms with E-state index in [1.807, 2.05) is 6.92 Å². The Hall–Kier alpha value is -1.95. The van der Waals surface area contributed by atoms with Crippen LogP contribution in [0.25, 0.3) is 0 Å². The number of benzene rings is 2. The number of nitrogens with one attached hydrogen (secondary N) is 2. The third-order valence-corrected chi connectivity index (χ3v) is 5.90. The van der Waals surface area contributed by atoms with E-state index in [0.717, 1.165) is 5.56 Å². The maximum absolute atomic E-state index is 12.6. The van der Waals surface area contributed by atoms with Gasteiger partial charge in [0.15, 0.2) is 15.8 Å². The van der Waals surface area contributed by atoms with Crippen molar-refractivity contribution in [3.05, 3.63) is 59.7 Å². The zero-order valence-electron chi connectivity index (χ0n) is 16.8. The molecule has 30 heavy (non-hydrogen) atoms. The van der Waals surface area contributed by atoms with Gasteiger partial charge < -0.3 is 15.4 Å². The molecule has 166 valence electrons. The third-order valence-electron chi connectivity index (χ3n) is 4.09. The van der Waals surface area contributed by atoms with Gasteiger partial charge in [-0.05, 0) is 31.5 Å². The summed E-state index contributed by atoms with van der Waals surface area (Å²) in [6.07, 6.45) is 0.391. The first-order valence-corrected chi connectivity index (χ1v) is 10.7. The third kappa shape index (κ3) is 8.42. The molecule has 2 rings (SSSR count). The first kappa shape index (κ1) is 26.1. The van der Waals surface area contributed by atoms with Crippen molar-refractivity contribution in [3.8, 4) is 5.75 Å². The molecule has 0 aliphatic rings. The Morgan fingerprint density at radius 3 is 2.47 bits per heavy atom. The van der Waals surface area contributed by atoms with Crippen LogP contribution in [0.4, 0.5) is 8.78 Å². The van der Waals surface area contributed by atoms with E-state index in [-0.39, 0.29) is 42.0 Å². The second kappa shape index (κ2) is 12.7. The largest absolute Gasteiger partial charge is 0.434 e. The number of hydrogen-bond donors (Lipinski definition) is 2. The molecule has 0 aliphatic carbocycles. The van der Waals surface area contributed by atoms with Crippen LogP contribution in [0.2, 0.25) is 0 Å². The summed E-state index contributed by atoms with van der Waals surface area (Å²) in [5, 5.41) is 6.04. The Morgan fingerprint density at radius 1 is 1.13 bits per heavy atom. The predicted octanol–water partition coefficient (Wildman–Crippen LogP) is 3.74. The number of alkyl halides is 2. The van der Waals surface area contributed by atoms with E-state index in [4.69, 9.17) is 0 Å². The summed E-state index contributed by atoms with van der Waals surface area (Å²) in [6.45, 7) is -0.429. The van der Waals surface area contributed by atoms with Crippen molar-refractivity contribution < 1.29 is 21.9 Å². The first-order valence-electron chi connectivity index (χ1n) is 9.08. The molecule has 0 spiro atoms. The lowest BCUT2D eigenvalue weighted by Gasteiger charge is -2.15. The SMILES string of the molecule is CN=C(NCCCS(=O)(=O)c1ccccc1)NCc1cc(C)ccc1OC(F)F.I. The lowest BCUT2D eigenvalue weighted by molar-refractivity contribution is -0.0504. The van der Waals surface area contributed by atoms with E-state index in [9.17, 15) is 17.2 Å². The van der Waals surface area contributed by atoms with E-state index in [0.29, 0.717) is 29.4 Å². The van der Waals surface area contributed by atoms with E-state index >= 15 is 0 Å². The molecule has 2 aromatic rings. The highest BCUT2D eigenvalue weighted by atomic mass is 127. The van der Waals surface area contributed by atoms with E-state index < -0.39 is 16.4 Å². The van der Waals surface area contributed by atoms with Gasteiger partial charge in [0, 0.05) is 25.7 Å². The van der Waals surface area contributed by atoms with Gasteiger partial charge in [0.25, 0.3) is 0 Å². The van der Waals surface area contributed by atoms with Crippen molar-refractivity contribution in [1.82, 2.24) is 10.6 Å². The highest BCUT2D eigenvalue weighted by Gasteiger charge is 2.13. The second-order valence-corrected chi connectivity index (χ2v) is 8.44. The molecule has 0 saturated carbocycles. The topological polar surface area (TPSA) is 79.8 Å². The molecule has 0 bridgehead atoms. The van der Waals surface area contributed by atoms with E-state index in [1.165, 1.54) is 6.07 Å². The minimum atomic E-state index is -3.33. The van der Waals surface area contributed by atoms with Gasteiger partial charge in [-0.25, -0.2) is 8.42 Å². The Labute approximate surface area is 193 Å². The smallest absolute Gasteiger partial charge is 0.387 e. The molecule has 0 saturated heterocycles. The standard InChI is InChI=1S/C20H25F2N3O3S.HI/c1-15-9-10-18(28-19(21)22)16(13-15)14-25-20(23-2)24-11-6-12-29(26,27)17-7-4-3-5-8-17;/h3-5,7-10,13,19H,6,11-12,14H2,1-2H3,(H2,23,24,25);1H. The molecule has 2 aromatic carbocycles. The van der Waals surface area contributed by atoms with Crippen LogP contribution < -0.4 is 15.4 Å². The zero-order valence-corrected chi connectivity index (χ0v) is 19.9. The van der Waals surface area contributed by atoms with Crippen molar-refractivity contribution in [3.63, 3.8) is 0 Å². The van der Waals surface area contributed by atoms with Crippen LogP contribution in [0.3, 0.4) is 0 Å². The summed E-state index contributed by atoms with van der Waals surface area (Å²) in [5.74, 6) is 0.541. The molecule has 0 fully saturated rings. The molecular weight excluding hydrogens is 527 g/mol. The fourth-order valence-electron chi connectivity index (χ4n) is 2.67. The molecule has 10 heteroatoms.